The van der Waals surface area contributed by atoms with Crippen LogP contribution in [0.2, 0.25) is 5.02 Å². The number of carbonyl (C=O) groups is 2. The van der Waals surface area contributed by atoms with Gasteiger partial charge in [0.2, 0.25) is 0 Å². The summed E-state index contributed by atoms with van der Waals surface area (Å²) in [6.45, 7) is 1.71. The molecule has 0 aliphatic carbocycles. The van der Waals surface area contributed by atoms with Crippen LogP contribution in [0.25, 0.3) is 0 Å². The molecule has 0 fully saturated rings. The molecule has 2 aromatic rings. The normalized spacial score (nSPS) is 17.1. The number of urea groups is 1. The van der Waals surface area contributed by atoms with Crippen molar-refractivity contribution in [2.45, 2.75) is 13.0 Å². The van der Waals surface area contributed by atoms with Gasteiger partial charge in [-0.15, -0.1) is 0 Å². The fourth-order valence-electron chi connectivity index (χ4n) is 2.66. The highest BCUT2D eigenvalue weighted by Crippen LogP contribution is 2.27. The minimum Gasteiger partial charge on any atom is -0.327 e. The maximum atomic E-state index is 12.8. The van der Waals surface area contributed by atoms with E-state index in [4.69, 9.17) is 11.6 Å². The standard InChI is InChI=1S/C18H16ClN3O2/c1-11-15(17(23)21-14-9-5-8-13(19)10-14)16(22-18(24)20-11)12-6-3-2-4-7-12/h2-10,16H,1H3,(H,21,23)(H2,20,22,24)/t16-/m0/s1. The largest absolute Gasteiger partial charge is 0.327 e. The Morgan fingerprint density at radius 2 is 1.88 bits per heavy atom. The van der Waals surface area contributed by atoms with E-state index in [0.29, 0.717) is 22.0 Å². The fourth-order valence-corrected chi connectivity index (χ4v) is 2.85. The zero-order valence-corrected chi connectivity index (χ0v) is 13.7. The van der Waals surface area contributed by atoms with Crippen molar-refractivity contribution in [1.82, 2.24) is 10.6 Å². The van der Waals surface area contributed by atoms with E-state index in [2.05, 4.69) is 16.0 Å². The summed E-state index contributed by atoms with van der Waals surface area (Å²) in [5.41, 5.74) is 2.41. The molecule has 0 spiro atoms. The van der Waals surface area contributed by atoms with Crippen LogP contribution in [0.1, 0.15) is 18.5 Å². The van der Waals surface area contributed by atoms with Gasteiger partial charge in [0.1, 0.15) is 0 Å². The summed E-state index contributed by atoms with van der Waals surface area (Å²) in [5, 5.41) is 8.81. The molecule has 1 atom stereocenters. The molecule has 0 unspecified atom stereocenters. The third-order valence-corrected chi connectivity index (χ3v) is 3.96. The Kier molecular flexibility index (Phi) is 4.53. The van der Waals surface area contributed by atoms with Crippen molar-refractivity contribution in [3.8, 4) is 0 Å². The molecule has 2 aromatic carbocycles. The molecule has 6 heteroatoms. The third kappa shape index (κ3) is 3.41. The van der Waals surface area contributed by atoms with Crippen molar-refractivity contribution < 1.29 is 9.59 Å². The third-order valence-electron chi connectivity index (χ3n) is 3.73. The summed E-state index contributed by atoms with van der Waals surface area (Å²) in [6, 6.07) is 15.4. The lowest BCUT2D eigenvalue weighted by molar-refractivity contribution is -0.113. The molecular formula is C18H16ClN3O2. The second kappa shape index (κ2) is 6.76. The highest BCUT2D eigenvalue weighted by molar-refractivity contribution is 6.31. The first kappa shape index (κ1) is 16.1. The number of benzene rings is 2. The van der Waals surface area contributed by atoms with E-state index in [0.717, 1.165) is 5.56 Å². The first-order valence-electron chi connectivity index (χ1n) is 7.45. The average molecular weight is 342 g/mol. The minimum atomic E-state index is -0.515. The van der Waals surface area contributed by atoms with E-state index in [1.54, 1.807) is 31.2 Å². The summed E-state index contributed by atoms with van der Waals surface area (Å²) < 4.78 is 0. The molecular weight excluding hydrogens is 326 g/mol. The van der Waals surface area contributed by atoms with E-state index >= 15 is 0 Å². The molecule has 0 radical (unpaired) electrons. The Morgan fingerprint density at radius 1 is 1.12 bits per heavy atom. The van der Waals surface area contributed by atoms with Crippen LogP contribution in [0.15, 0.2) is 65.9 Å². The summed E-state index contributed by atoms with van der Waals surface area (Å²) >= 11 is 5.95. The number of hydrogen-bond acceptors (Lipinski definition) is 2. The van der Waals surface area contributed by atoms with Crippen molar-refractivity contribution in [2.75, 3.05) is 5.32 Å². The highest BCUT2D eigenvalue weighted by atomic mass is 35.5. The topological polar surface area (TPSA) is 70.2 Å². The number of carbonyl (C=O) groups excluding carboxylic acids is 2. The molecule has 24 heavy (non-hydrogen) atoms. The summed E-state index contributed by atoms with van der Waals surface area (Å²) in [7, 11) is 0. The number of amides is 3. The van der Waals surface area contributed by atoms with Crippen LogP contribution in [-0.4, -0.2) is 11.9 Å². The number of rotatable bonds is 3. The van der Waals surface area contributed by atoms with Gasteiger partial charge in [-0.2, -0.15) is 0 Å². The Morgan fingerprint density at radius 3 is 2.58 bits per heavy atom. The second-order valence-corrected chi connectivity index (χ2v) is 5.88. The van der Waals surface area contributed by atoms with Crippen molar-refractivity contribution in [1.29, 1.82) is 0 Å². The molecule has 0 aromatic heterocycles. The summed E-state index contributed by atoms with van der Waals surface area (Å²) in [5.74, 6) is -0.295. The Labute approximate surface area is 144 Å². The van der Waals surface area contributed by atoms with Gasteiger partial charge in [0.05, 0.1) is 11.6 Å². The van der Waals surface area contributed by atoms with Gasteiger partial charge in [0.15, 0.2) is 0 Å². The lowest BCUT2D eigenvalue weighted by atomic mass is 9.95. The fraction of sp³-hybridized carbons (Fsp3) is 0.111. The van der Waals surface area contributed by atoms with Crippen molar-refractivity contribution in [3.63, 3.8) is 0 Å². The Bertz CT molecular complexity index is 818. The van der Waals surface area contributed by atoms with E-state index in [9.17, 15) is 9.59 Å². The van der Waals surface area contributed by atoms with Gasteiger partial charge in [-0.05, 0) is 30.7 Å². The zero-order chi connectivity index (χ0) is 17.1. The van der Waals surface area contributed by atoms with Gasteiger partial charge < -0.3 is 16.0 Å². The summed E-state index contributed by atoms with van der Waals surface area (Å²) in [4.78, 5) is 24.6. The molecule has 122 valence electrons. The highest BCUT2D eigenvalue weighted by Gasteiger charge is 2.31. The molecule has 0 saturated heterocycles. The molecule has 3 N–H and O–H groups in total. The molecule has 3 rings (SSSR count). The second-order valence-electron chi connectivity index (χ2n) is 5.45. The number of hydrogen-bond donors (Lipinski definition) is 3. The van der Waals surface area contributed by atoms with Gasteiger partial charge >= 0.3 is 6.03 Å². The van der Waals surface area contributed by atoms with E-state index < -0.39 is 6.04 Å². The monoisotopic (exact) mass is 341 g/mol. The molecule has 1 heterocycles. The van der Waals surface area contributed by atoms with Gasteiger partial charge in [-0.1, -0.05) is 48.0 Å². The number of allylic oxidation sites excluding steroid dienone is 1. The van der Waals surface area contributed by atoms with Crippen molar-refractivity contribution in [2.24, 2.45) is 0 Å². The summed E-state index contributed by atoms with van der Waals surface area (Å²) in [6.07, 6.45) is 0. The predicted molar refractivity (Wildman–Crippen MR) is 93.6 cm³/mol. The number of nitrogens with one attached hydrogen (secondary N) is 3. The first-order chi connectivity index (χ1) is 11.5. The number of halogens is 1. The maximum Gasteiger partial charge on any atom is 0.319 e. The maximum absolute atomic E-state index is 12.8. The average Bonchev–Trinajstić information content (AvgIpc) is 2.54. The first-order valence-corrected chi connectivity index (χ1v) is 7.82. The van der Waals surface area contributed by atoms with Crippen LogP contribution in [0.5, 0.6) is 0 Å². The van der Waals surface area contributed by atoms with Gasteiger partial charge in [0.25, 0.3) is 5.91 Å². The lowest BCUT2D eigenvalue weighted by Gasteiger charge is -2.28. The van der Waals surface area contributed by atoms with Crippen molar-refractivity contribution in [3.05, 3.63) is 76.5 Å². The molecule has 0 saturated carbocycles. The minimum absolute atomic E-state index is 0.295. The predicted octanol–water partition coefficient (Wildman–Crippen LogP) is 3.61. The molecule has 5 nitrogen and oxygen atoms in total. The number of anilines is 1. The molecule has 3 amide bonds. The van der Waals surface area contributed by atoms with Gasteiger partial charge in [-0.25, -0.2) is 4.79 Å². The van der Waals surface area contributed by atoms with Gasteiger partial charge in [-0.3, -0.25) is 4.79 Å². The van der Waals surface area contributed by atoms with E-state index in [1.807, 2.05) is 30.3 Å². The van der Waals surface area contributed by atoms with Crippen LogP contribution in [0.4, 0.5) is 10.5 Å². The smallest absolute Gasteiger partial charge is 0.319 e. The van der Waals surface area contributed by atoms with Crippen molar-refractivity contribution >= 4 is 29.2 Å². The van der Waals surface area contributed by atoms with Crippen LogP contribution in [0.3, 0.4) is 0 Å². The van der Waals surface area contributed by atoms with Crippen LogP contribution < -0.4 is 16.0 Å². The van der Waals surface area contributed by atoms with Crippen LogP contribution in [-0.2, 0) is 4.79 Å². The SMILES string of the molecule is CC1=C(C(=O)Nc2cccc(Cl)c2)[C@H](c2ccccc2)NC(=O)N1. The quantitative estimate of drug-likeness (QED) is 0.798. The molecule has 1 aliphatic rings. The van der Waals surface area contributed by atoms with Crippen LogP contribution >= 0.6 is 11.6 Å². The van der Waals surface area contributed by atoms with E-state index in [1.165, 1.54) is 0 Å². The Balaban J connectivity index is 1.94. The Hall–Kier alpha value is -2.79. The lowest BCUT2D eigenvalue weighted by Crippen LogP contribution is -2.45. The van der Waals surface area contributed by atoms with Crippen LogP contribution in [0, 0.1) is 0 Å². The van der Waals surface area contributed by atoms with Gasteiger partial charge in [0, 0.05) is 16.4 Å². The molecule has 1 aliphatic heterocycles. The zero-order valence-electron chi connectivity index (χ0n) is 13.0. The van der Waals surface area contributed by atoms with E-state index in [-0.39, 0.29) is 11.9 Å². The molecule has 0 bridgehead atoms.